The molecule has 8 heteroatoms. The molecule has 0 spiro atoms. The predicted octanol–water partition coefficient (Wildman–Crippen LogP) is 6.42. The second-order valence-corrected chi connectivity index (χ2v) is 10.6. The maximum absolute atomic E-state index is 10.5. The highest BCUT2D eigenvalue weighted by molar-refractivity contribution is 5.92. The first kappa shape index (κ1) is 29.8. The van der Waals surface area contributed by atoms with E-state index in [1.54, 1.807) is 13.3 Å². The van der Waals surface area contributed by atoms with E-state index in [0.717, 1.165) is 22.4 Å². The molecule has 0 aliphatic carbocycles. The van der Waals surface area contributed by atoms with Crippen LogP contribution in [0.2, 0.25) is 0 Å². The Morgan fingerprint density at radius 1 is 0.829 bits per heavy atom. The summed E-state index contributed by atoms with van der Waals surface area (Å²) in [6.07, 6.45) is 2.32. The molecule has 1 N–H and O–H groups in total. The number of nitrogens with zero attached hydrogens (tertiary/aromatic N) is 1. The number of hydrogen-bond acceptors (Lipinski definition) is 7. The second-order valence-electron chi connectivity index (χ2n) is 10.6. The Kier molecular flexibility index (Phi) is 10.2. The van der Waals surface area contributed by atoms with E-state index in [1.165, 1.54) is 10.9 Å². The summed E-state index contributed by atoms with van der Waals surface area (Å²) in [7, 11) is 1.62. The molecule has 0 unspecified atom stereocenters. The molecule has 4 aromatic rings. The van der Waals surface area contributed by atoms with E-state index in [1.807, 2.05) is 42.5 Å². The lowest BCUT2D eigenvalue weighted by atomic mass is 9.83. The molecule has 0 saturated carbocycles. The maximum atomic E-state index is 10.5. The molecule has 0 radical (unpaired) electrons. The predicted molar refractivity (Wildman–Crippen MR) is 158 cm³/mol. The first-order valence-electron chi connectivity index (χ1n) is 13.6. The summed E-state index contributed by atoms with van der Waals surface area (Å²) >= 11 is 0. The first-order valence-corrected chi connectivity index (χ1v) is 13.6. The number of carboxylic acid groups (broad SMARTS) is 1. The van der Waals surface area contributed by atoms with Gasteiger partial charge in [-0.15, -0.1) is 0 Å². The number of aromatic nitrogens is 1. The molecular weight excluding hydrogens is 522 g/mol. The zero-order valence-corrected chi connectivity index (χ0v) is 24.0. The standard InChI is InChI=1S/C33H37NO7/c1-33(2,3)30-9-10-31(29-8-6-5-7-28(29)30)41-25-11-12-34-24(20-25)17-23-18-26(37-4)21-27(19-23)40-16-15-38-13-14-39-22-32(35)36/h5-12,18-21H,13-17,22H2,1-4H3,(H,35,36). The zero-order chi connectivity index (χ0) is 29.2. The van der Waals surface area contributed by atoms with Crippen LogP contribution in [-0.2, 0) is 26.1 Å². The van der Waals surface area contributed by atoms with Gasteiger partial charge in [0.1, 0.15) is 36.2 Å². The van der Waals surface area contributed by atoms with Gasteiger partial charge in [0.15, 0.2) is 0 Å². The molecule has 0 aliphatic heterocycles. The first-order chi connectivity index (χ1) is 19.7. The largest absolute Gasteiger partial charge is 0.497 e. The number of pyridine rings is 1. The van der Waals surface area contributed by atoms with Gasteiger partial charge in [-0.2, -0.15) is 0 Å². The number of carboxylic acids is 1. The van der Waals surface area contributed by atoms with Crippen molar-refractivity contribution in [1.82, 2.24) is 4.98 Å². The van der Waals surface area contributed by atoms with Crippen LogP contribution in [0.25, 0.3) is 10.8 Å². The number of fused-ring (bicyclic) bond motifs is 1. The summed E-state index contributed by atoms with van der Waals surface area (Å²) in [4.78, 5) is 15.0. The van der Waals surface area contributed by atoms with E-state index in [-0.39, 0.29) is 18.6 Å². The summed E-state index contributed by atoms with van der Waals surface area (Å²) in [6, 6.07) is 22.1. The average Bonchev–Trinajstić information content (AvgIpc) is 2.94. The van der Waals surface area contributed by atoms with Crippen molar-refractivity contribution < 1.29 is 33.6 Å². The number of ether oxygens (including phenoxy) is 5. The van der Waals surface area contributed by atoms with Crippen molar-refractivity contribution in [3.8, 4) is 23.0 Å². The fourth-order valence-electron chi connectivity index (χ4n) is 4.50. The fraction of sp³-hybridized carbons (Fsp3) is 0.333. The van der Waals surface area contributed by atoms with Gasteiger partial charge in [0.2, 0.25) is 0 Å². The van der Waals surface area contributed by atoms with Crippen LogP contribution >= 0.6 is 0 Å². The van der Waals surface area contributed by atoms with Gasteiger partial charge in [-0.05, 0) is 46.2 Å². The van der Waals surface area contributed by atoms with Crippen LogP contribution in [-0.4, -0.2) is 56.2 Å². The third-order valence-corrected chi connectivity index (χ3v) is 6.36. The van der Waals surface area contributed by atoms with Crippen LogP contribution in [0, 0.1) is 0 Å². The van der Waals surface area contributed by atoms with Crippen LogP contribution in [0.15, 0.2) is 72.9 Å². The van der Waals surface area contributed by atoms with E-state index in [0.29, 0.717) is 43.5 Å². The molecule has 0 atom stereocenters. The Bertz CT molecular complexity index is 1460. The Hall–Kier alpha value is -4.14. The Labute approximate surface area is 240 Å². The van der Waals surface area contributed by atoms with Crippen molar-refractivity contribution in [3.05, 3.63) is 89.7 Å². The minimum absolute atomic E-state index is 0.0204. The monoisotopic (exact) mass is 559 g/mol. The number of carbonyl (C=O) groups is 1. The number of aliphatic carboxylic acids is 1. The Morgan fingerprint density at radius 3 is 2.32 bits per heavy atom. The Balaban J connectivity index is 1.41. The van der Waals surface area contributed by atoms with Crippen LogP contribution in [0.3, 0.4) is 0 Å². The van der Waals surface area contributed by atoms with Gasteiger partial charge < -0.3 is 28.8 Å². The zero-order valence-electron chi connectivity index (χ0n) is 24.0. The molecule has 4 rings (SSSR count). The number of benzene rings is 3. The minimum Gasteiger partial charge on any atom is -0.497 e. The van der Waals surface area contributed by atoms with E-state index in [9.17, 15) is 4.79 Å². The van der Waals surface area contributed by atoms with Crippen LogP contribution in [0.1, 0.15) is 37.6 Å². The topological polar surface area (TPSA) is 96.3 Å². The lowest BCUT2D eigenvalue weighted by Gasteiger charge is -2.22. The molecule has 0 bridgehead atoms. The van der Waals surface area contributed by atoms with E-state index >= 15 is 0 Å². The molecule has 1 heterocycles. The molecule has 3 aromatic carbocycles. The van der Waals surface area contributed by atoms with Gasteiger partial charge in [-0.25, -0.2) is 4.79 Å². The van der Waals surface area contributed by atoms with Crippen LogP contribution in [0.4, 0.5) is 0 Å². The fourth-order valence-corrected chi connectivity index (χ4v) is 4.50. The summed E-state index contributed by atoms with van der Waals surface area (Å²) < 4.78 is 28.1. The molecule has 0 fully saturated rings. The van der Waals surface area contributed by atoms with Crippen molar-refractivity contribution in [2.75, 3.05) is 40.1 Å². The van der Waals surface area contributed by atoms with E-state index < -0.39 is 5.97 Å². The molecule has 0 aliphatic rings. The molecule has 8 nitrogen and oxygen atoms in total. The lowest BCUT2D eigenvalue weighted by molar-refractivity contribution is -0.142. The van der Waals surface area contributed by atoms with Gasteiger partial charge in [-0.1, -0.05) is 51.1 Å². The number of methoxy groups -OCH3 is 1. The normalized spacial score (nSPS) is 11.4. The molecule has 41 heavy (non-hydrogen) atoms. The van der Waals surface area contributed by atoms with Crippen LogP contribution < -0.4 is 14.2 Å². The van der Waals surface area contributed by atoms with Crippen molar-refractivity contribution in [2.45, 2.75) is 32.6 Å². The summed E-state index contributed by atoms with van der Waals surface area (Å²) in [5.74, 6) is 1.85. The van der Waals surface area contributed by atoms with Gasteiger partial charge in [0, 0.05) is 35.8 Å². The molecular formula is C33H37NO7. The van der Waals surface area contributed by atoms with Crippen molar-refractivity contribution in [2.24, 2.45) is 0 Å². The third kappa shape index (κ3) is 8.67. The summed E-state index contributed by atoms with van der Waals surface area (Å²) in [6.45, 7) is 7.50. The van der Waals surface area contributed by atoms with Crippen molar-refractivity contribution >= 4 is 16.7 Å². The number of hydrogen-bond donors (Lipinski definition) is 1. The lowest BCUT2D eigenvalue weighted by Crippen LogP contribution is -2.14. The number of rotatable bonds is 14. The summed E-state index contributed by atoms with van der Waals surface area (Å²) in [5.41, 5.74) is 3.13. The highest BCUT2D eigenvalue weighted by atomic mass is 16.5. The van der Waals surface area contributed by atoms with Crippen LogP contribution in [0.5, 0.6) is 23.0 Å². The molecule has 1 aromatic heterocycles. The minimum atomic E-state index is -1.00. The van der Waals surface area contributed by atoms with Gasteiger partial charge in [-0.3, -0.25) is 4.98 Å². The smallest absolute Gasteiger partial charge is 0.329 e. The Morgan fingerprint density at radius 2 is 1.56 bits per heavy atom. The average molecular weight is 560 g/mol. The quantitative estimate of drug-likeness (QED) is 0.177. The molecule has 216 valence electrons. The van der Waals surface area contributed by atoms with Gasteiger partial charge in [0.05, 0.1) is 26.9 Å². The SMILES string of the molecule is COc1cc(Cc2cc(Oc3ccc(C(C)(C)C)c4ccccc34)ccn2)cc(OCCOCCOCC(=O)O)c1. The van der Waals surface area contributed by atoms with Gasteiger partial charge >= 0.3 is 5.97 Å². The van der Waals surface area contributed by atoms with Crippen molar-refractivity contribution in [3.63, 3.8) is 0 Å². The van der Waals surface area contributed by atoms with E-state index in [2.05, 4.69) is 50.0 Å². The highest BCUT2D eigenvalue weighted by Crippen LogP contribution is 2.37. The molecule has 0 amide bonds. The maximum Gasteiger partial charge on any atom is 0.329 e. The second kappa shape index (κ2) is 14.0. The van der Waals surface area contributed by atoms with Gasteiger partial charge in [0.25, 0.3) is 0 Å². The highest BCUT2D eigenvalue weighted by Gasteiger charge is 2.18. The van der Waals surface area contributed by atoms with E-state index in [4.69, 9.17) is 28.8 Å². The third-order valence-electron chi connectivity index (χ3n) is 6.36. The summed E-state index contributed by atoms with van der Waals surface area (Å²) in [5, 5.41) is 10.8. The molecule has 0 saturated heterocycles. The van der Waals surface area contributed by atoms with Crippen molar-refractivity contribution in [1.29, 1.82) is 0 Å².